The fourth-order valence-electron chi connectivity index (χ4n) is 3.57. The number of piperazine rings is 1. The lowest BCUT2D eigenvalue weighted by atomic mass is 10.1. The lowest BCUT2D eigenvalue weighted by Gasteiger charge is -2.34. The molecular weight excluding hydrogens is 352 g/mol. The molecule has 8 heteroatoms. The van der Waals surface area contributed by atoms with Gasteiger partial charge < -0.3 is 15.1 Å². The molecule has 1 unspecified atom stereocenters. The van der Waals surface area contributed by atoms with Crippen LogP contribution in [0.25, 0.3) is 0 Å². The summed E-state index contributed by atoms with van der Waals surface area (Å²) in [6, 6.07) is 4.00. The second-order valence-electron chi connectivity index (χ2n) is 7.20. The molecule has 0 radical (unpaired) electrons. The highest BCUT2D eigenvalue weighted by Crippen LogP contribution is 2.21. The van der Waals surface area contributed by atoms with Crippen molar-refractivity contribution in [2.75, 3.05) is 49.1 Å². The maximum absolute atomic E-state index is 12.0. The average Bonchev–Trinajstić information content (AvgIpc) is 2.99. The van der Waals surface area contributed by atoms with Gasteiger partial charge in [-0.15, -0.1) is 0 Å². The first-order valence-corrected chi connectivity index (χ1v) is 11.2. The summed E-state index contributed by atoms with van der Waals surface area (Å²) in [6.07, 6.45) is 2.69. The van der Waals surface area contributed by atoms with E-state index in [-0.39, 0.29) is 29.8 Å². The van der Waals surface area contributed by atoms with E-state index in [1.165, 1.54) is 0 Å². The molecular formula is C18H28N4O3S. The largest absolute Gasteiger partial charge is 0.354 e. The second-order valence-corrected chi connectivity index (χ2v) is 9.42. The molecule has 1 atom stereocenters. The smallest absolute Gasteiger partial charge is 0.220 e. The highest BCUT2D eigenvalue weighted by molar-refractivity contribution is 7.91. The molecule has 0 spiro atoms. The van der Waals surface area contributed by atoms with Crippen LogP contribution in [0, 0.1) is 5.92 Å². The van der Waals surface area contributed by atoms with Crippen molar-refractivity contribution in [3.05, 3.63) is 23.9 Å². The molecule has 1 aromatic rings. The zero-order valence-electron chi connectivity index (χ0n) is 15.4. The topological polar surface area (TPSA) is 82.6 Å². The Morgan fingerprint density at radius 1 is 1.27 bits per heavy atom. The third-order valence-electron chi connectivity index (χ3n) is 5.24. The number of sulfone groups is 1. The van der Waals surface area contributed by atoms with Gasteiger partial charge in [0, 0.05) is 45.3 Å². The molecule has 1 N–H and O–H groups in total. The van der Waals surface area contributed by atoms with Crippen LogP contribution in [0.4, 0.5) is 5.82 Å². The lowest BCUT2D eigenvalue weighted by Crippen LogP contribution is -2.46. The molecule has 7 nitrogen and oxygen atoms in total. The van der Waals surface area contributed by atoms with Crippen molar-refractivity contribution < 1.29 is 13.2 Å². The van der Waals surface area contributed by atoms with E-state index in [2.05, 4.69) is 27.0 Å². The minimum atomic E-state index is -2.93. The van der Waals surface area contributed by atoms with E-state index < -0.39 is 9.84 Å². The van der Waals surface area contributed by atoms with E-state index in [9.17, 15) is 13.2 Å². The van der Waals surface area contributed by atoms with Crippen LogP contribution < -0.4 is 10.2 Å². The fraction of sp³-hybridized carbons (Fsp3) is 0.667. The van der Waals surface area contributed by atoms with Crippen LogP contribution in [-0.2, 0) is 21.2 Å². The first-order chi connectivity index (χ1) is 12.4. The number of nitrogens with zero attached hydrogens (tertiary/aromatic N) is 3. The monoisotopic (exact) mass is 380 g/mol. The Morgan fingerprint density at radius 3 is 2.62 bits per heavy atom. The SMILES string of the molecule is CCN1CCN(c2ccc(CNC(=O)CC3CCS(=O)(=O)C3)cn2)CC1. The molecule has 0 aliphatic carbocycles. The number of carbonyl (C=O) groups excluding carboxylic acids is 1. The Labute approximate surface area is 155 Å². The molecule has 2 aliphatic heterocycles. The highest BCUT2D eigenvalue weighted by atomic mass is 32.2. The Balaban J connectivity index is 1.44. The third kappa shape index (κ3) is 5.17. The van der Waals surface area contributed by atoms with Crippen LogP contribution >= 0.6 is 0 Å². The molecule has 2 fully saturated rings. The van der Waals surface area contributed by atoms with Crippen molar-refractivity contribution in [2.24, 2.45) is 5.92 Å². The van der Waals surface area contributed by atoms with Crippen LogP contribution in [0.15, 0.2) is 18.3 Å². The maximum Gasteiger partial charge on any atom is 0.220 e. The number of nitrogens with one attached hydrogen (secondary N) is 1. The van der Waals surface area contributed by atoms with Crippen LogP contribution in [0.1, 0.15) is 25.3 Å². The van der Waals surface area contributed by atoms with Gasteiger partial charge in [-0.3, -0.25) is 4.79 Å². The molecule has 144 valence electrons. The van der Waals surface area contributed by atoms with E-state index in [4.69, 9.17) is 0 Å². The van der Waals surface area contributed by atoms with Gasteiger partial charge in [-0.2, -0.15) is 0 Å². The standard InChI is InChI=1S/C18H28N4O3S/c1-2-21-6-8-22(9-7-21)17-4-3-16(12-19-17)13-20-18(23)11-15-5-10-26(24,25)14-15/h3-4,12,15H,2,5-11,13-14H2,1H3,(H,20,23). The summed E-state index contributed by atoms with van der Waals surface area (Å²) >= 11 is 0. The van der Waals surface area contributed by atoms with Gasteiger partial charge in [0.15, 0.2) is 9.84 Å². The molecule has 1 amide bonds. The van der Waals surface area contributed by atoms with Gasteiger partial charge in [0.1, 0.15) is 5.82 Å². The van der Waals surface area contributed by atoms with E-state index >= 15 is 0 Å². The molecule has 2 aliphatic rings. The third-order valence-corrected chi connectivity index (χ3v) is 7.08. The Morgan fingerprint density at radius 2 is 2.04 bits per heavy atom. The minimum absolute atomic E-state index is 0.0395. The highest BCUT2D eigenvalue weighted by Gasteiger charge is 2.29. The Kier molecular flexibility index (Phi) is 6.13. The minimum Gasteiger partial charge on any atom is -0.354 e. The van der Waals surface area contributed by atoms with E-state index in [1.807, 2.05) is 18.3 Å². The van der Waals surface area contributed by atoms with Gasteiger partial charge in [-0.25, -0.2) is 13.4 Å². The van der Waals surface area contributed by atoms with Gasteiger partial charge in [0.05, 0.1) is 11.5 Å². The average molecular weight is 381 g/mol. The van der Waals surface area contributed by atoms with Gasteiger partial charge >= 0.3 is 0 Å². The fourth-order valence-corrected chi connectivity index (χ4v) is 5.43. The van der Waals surface area contributed by atoms with E-state index in [0.29, 0.717) is 13.0 Å². The quantitative estimate of drug-likeness (QED) is 0.781. The second kappa shape index (κ2) is 8.35. The number of amides is 1. The number of hydrogen-bond donors (Lipinski definition) is 1. The normalized spacial score (nSPS) is 23.1. The number of pyridine rings is 1. The predicted molar refractivity (Wildman–Crippen MR) is 102 cm³/mol. The van der Waals surface area contributed by atoms with Crippen molar-refractivity contribution in [3.8, 4) is 0 Å². The molecule has 3 heterocycles. The number of rotatable bonds is 6. The van der Waals surface area contributed by atoms with Crippen molar-refractivity contribution in [2.45, 2.75) is 26.3 Å². The number of hydrogen-bond acceptors (Lipinski definition) is 6. The van der Waals surface area contributed by atoms with Crippen LogP contribution in [0.2, 0.25) is 0 Å². The van der Waals surface area contributed by atoms with Crippen molar-refractivity contribution in [1.29, 1.82) is 0 Å². The molecule has 0 saturated carbocycles. The number of aromatic nitrogens is 1. The summed E-state index contributed by atoms with van der Waals surface area (Å²) < 4.78 is 22.9. The molecule has 1 aromatic heterocycles. The van der Waals surface area contributed by atoms with Gasteiger partial charge in [-0.05, 0) is 30.5 Å². The van der Waals surface area contributed by atoms with Crippen molar-refractivity contribution in [3.63, 3.8) is 0 Å². The van der Waals surface area contributed by atoms with Gasteiger partial charge in [-0.1, -0.05) is 13.0 Å². The van der Waals surface area contributed by atoms with Crippen LogP contribution in [-0.4, -0.2) is 68.4 Å². The van der Waals surface area contributed by atoms with Crippen molar-refractivity contribution >= 4 is 21.6 Å². The zero-order chi connectivity index (χ0) is 18.6. The van der Waals surface area contributed by atoms with E-state index in [1.54, 1.807) is 0 Å². The summed E-state index contributed by atoms with van der Waals surface area (Å²) in [5.41, 5.74) is 0.952. The first-order valence-electron chi connectivity index (χ1n) is 9.34. The summed E-state index contributed by atoms with van der Waals surface area (Å²) in [6.45, 7) is 7.80. The number of likely N-dealkylation sites (N-methyl/N-ethyl adjacent to an activating group) is 1. The zero-order valence-corrected chi connectivity index (χ0v) is 16.2. The van der Waals surface area contributed by atoms with Gasteiger partial charge in [0.25, 0.3) is 0 Å². The molecule has 0 bridgehead atoms. The number of carbonyl (C=O) groups is 1. The molecule has 0 aromatic carbocycles. The van der Waals surface area contributed by atoms with E-state index in [0.717, 1.165) is 44.1 Å². The molecule has 26 heavy (non-hydrogen) atoms. The predicted octanol–water partition coefficient (Wildman–Crippen LogP) is 0.665. The first kappa shape index (κ1) is 19.1. The van der Waals surface area contributed by atoms with Crippen LogP contribution in [0.5, 0.6) is 0 Å². The molecule has 2 saturated heterocycles. The van der Waals surface area contributed by atoms with Crippen LogP contribution in [0.3, 0.4) is 0 Å². The summed E-state index contributed by atoms with van der Waals surface area (Å²) in [4.78, 5) is 21.3. The Hall–Kier alpha value is -1.67. The Bertz CT molecular complexity index is 712. The molecule has 3 rings (SSSR count). The summed E-state index contributed by atoms with van der Waals surface area (Å²) in [7, 11) is -2.93. The number of anilines is 1. The lowest BCUT2D eigenvalue weighted by molar-refractivity contribution is -0.122. The van der Waals surface area contributed by atoms with Crippen molar-refractivity contribution in [1.82, 2.24) is 15.2 Å². The maximum atomic E-state index is 12.0. The van der Waals surface area contributed by atoms with Gasteiger partial charge in [0.2, 0.25) is 5.91 Å². The summed E-state index contributed by atoms with van der Waals surface area (Å²) in [5.74, 6) is 1.20. The summed E-state index contributed by atoms with van der Waals surface area (Å²) in [5, 5.41) is 2.87.